The number of aliphatic hydroxyl groups excluding tert-OH is 1. The average Bonchev–Trinajstić information content (AvgIpc) is 3.27. The minimum Gasteiger partial charge on any atom is -0.394 e. The third-order valence-electron chi connectivity index (χ3n) is 5.36. The van der Waals surface area contributed by atoms with Crippen LogP contribution in [0.4, 0.5) is 0 Å². The Morgan fingerprint density at radius 1 is 1.24 bits per heavy atom. The van der Waals surface area contributed by atoms with Crippen molar-refractivity contribution in [3.63, 3.8) is 0 Å². The van der Waals surface area contributed by atoms with Gasteiger partial charge >= 0.3 is 0 Å². The second-order valence-electron chi connectivity index (χ2n) is 7.65. The summed E-state index contributed by atoms with van der Waals surface area (Å²) < 4.78 is 0. The number of nitrogens with one attached hydrogen (secondary N) is 1. The lowest BCUT2D eigenvalue weighted by atomic mass is 9.78. The molecule has 0 radical (unpaired) electrons. The summed E-state index contributed by atoms with van der Waals surface area (Å²) in [4.78, 5) is 2.70. The molecule has 2 fully saturated rings. The van der Waals surface area contributed by atoms with E-state index < -0.39 is 0 Å². The molecule has 0 bridgehead atoms. The normalized spacial score (nSPS) is 30.3. The van der Waals surface area contributed by atoms with Crippen LogP contribution in [0.1, 0.15) is 78.6 Å². The Labute approximate surface area is 131 Å². The van der Waals surface area contributed by atoms with Gasteiger partial charge in [0.15, 0.2) is 0 Å². The van der Waals surface area contributed by atoms with Crippen molar-refractivity contribution in [2.24, 2.45) is 0 Å². The van der Waals surface area contributed by atoms with Crippen molar-refractivity contribution in [1.82, 2.24) is 10.2 Å². The largest absolute Gasteiger partial charge is 0.394 e. The molecule has 0 aromatic heterocycles. The van der Waals surface area contributed by atoms with Crippen LogP contribution in [0, 0.1) is 0 Å². The van der Waals surface area contributed by atoms with Crippen molar-refractivity contribution in [3.05, 3.63) is 0 Å². The van der Waals surface area contributed by atoms with Crippen molar-refractivity contribution in [2.75, 3.05) is 13.2 Å². The minimum absolute atomic E-state index is 0.00196. The van der Waals surface area contributed by atoms with Gasteiger partial charge in [0.05, 0.1) is 6.61 Å². The van der Waals surface area contributed by atoms with Gasteiger partial charge < -0.3 is 10.4 Å². The molecule has 0 spiro atoms. The van der Waals surface area contributed by atoms with Crippen molar-refractivity contribution in [3.8, 4) is 0 Å². The van der Waals surface area contributed by atoms with Crippen molar-refractivity contribution in [2.45, 2.75) is 102 Å². The zero-order valence-electron chi connectivity index (χ0n) is 14.4. The Balaban J connectivity index is 1.95. The molecule has 124 valence electrons. The number of hydrogen-bond donors (Lipinski definition) is 2. The first-order valence-electron chi connectivity index (χ1n) is 9.24. The van der Waals surface area contributed by atoms with Gasteiger partial charge in [0.1, 0.15) is 0 Å². The Hall–Kier alpha value is -0.120. The van der Waals surface area contributed by atoms with E-state index in [1.807, 2.05) is 0 Å². The molecule has 0 aliphatic heterocycles. The molecular weight excluding hydrogens is 260 g/mol. The molecule has 0 aromatic rings. The van der Waals surface area contributed by atoms with Crippen molar-refractivity contribution >= 4 is 0 Å². The Morgan fingerprint density at radius 2 is 2.00 bits per heavy atom. The fourth-order valence-corrected chi connectivity index (χ4v) is 4.00. The highest BCUT2D eigenvalue weighted by Gasteiger charge is 2.41. The van der Waals surface area contributed by atoms with E-state index in [4.69, 9.17) is 0 Å². The maximum absolute atomic E-state index is 9.99. The number of aliphatic hydroxyl groups is 1. The van der Waals surface area contributed by atoms with Crippen LogP contribution in [0.5, 0.6) is 0 Å². The van der Waals surface area contributed by atoms with E-state index in [2.05, 4.69) is 31.0 Å². The highest BCUT2D eigenvalue weighted by molar-refractivity contribution is 5.01. The molecule has 2 N–H and O–H groups in total. The first kappa shape index (κ1) is 17.2. The summed E-state index contributed by atoms with van der Waals surface area (Å²) in [6.45, 7) is 8.46. The summed E-state index contributed by atoms with van der Waals surface area (Å²) in [6.07, 6.45) is 11.4. The summed E-state index contributed by atoms with van der Waals surface area (Å²) in [6, 6.07) is 1.94. The maximum Gasteiger partial charge on any atom is 0.0613 e. The summed E-state index contributed by atoms with van der Waals surface area (Å²) in [5.41, 5.74) is 0.00196. The van der Waals surface area contributed by atoms with Crippen molar-refractivity contribution in [1.29, 1.82) is 0 Å². The van der Waals surface area contributed by atoms with Crippen LogP contribution in [0.2, 0.25) is 0 Å². The Morgan fingerprint density at radius 3 is 2.57 bits per heavy atom. The Kier molecular flexibility index (Phi) is 6.51. The third-order valence-corrected chi connectivity index (χ3v) is 5.36. The molecule has 0 heterocycles. The predicted octanol–water partition coefficient (Wildman–Crippen LogP) is 3.31. The highest BCUT2D eigenvalue weighted by atomic mass is 16.3. The lowest BCUT2D eigenvalue weighted by molar-refractivity contribution is 0.0433. The standard InChI is InChI=1S/C18H36N2O/c1-4-5-6-12-20(15(2)3)17-8-7-11-18(13-17,14-21)19-16-9-10-16/h15-17,19,21H,4-14H2,1-3H3. The molecule has 2 atom stereocenters. The van der Waals surface area contributed by atoms with E-state index in [9.17, 15) is 5.11 Å². The van der Waals surface area contributed by atoms with Gasteiger partial charge in [0.2, 0.25) is 0 Å². The molecule has 2 rings (SSSR count). The van der Waals surface area contributed by atoms with Crippen LogP contribution >= 0.6 is 0 Å². The molecule has 3 nitrogen and oxygen atoms in total. The summed E-state index contributed by atoms with van der Waals surface area (Å²) in [5.74, 6) is 0. The van der Waals surface area contributed by atoms with E-state index in [1.165, 1.54) is 51.5 Å². The second-order valence-corrected chi connectivity index (χ2v) is 7.65. The van der Waals surface area contributed by atoms with Crippen LogP contribution in [-0.4, -0.2) is 46.8 Å². The first-order valence-corrected chi connectivity index (χ1v) is 9.24. The van der Waals surface area contributed by atoms with Gasteiger partial charge in [-0.15, -0.1) is 0 Å². The van der Waals surface area contributed by atoms with Gasteiger partial charge in [0, 0.05) is 23.7 Å². The number of hydrogen-bond acceptors (Lipinski definition) is 3. The first-order chi connectivity index (χ1) is 10.1. The van der Waals surface area contributed by atoms with Crippen LogP contribution in [0.3, 0.4) is 0 Å². The second kappa shape index (κ2) is 7.94. The predicted molar refractivity (Wildman–Crippen MR) is 89.6 cm³/mol. The van der Waals surface area contributed by atoms with Gasteiger partial charge in [0.25, 0.3) is 0 Å². The molecule has 21 heavy (non-hydrogen) atoms. The van der Waals surface area contributed by atoms with E-state index in [0.717, 1.165) is 12.8 Å². The smallest absolute Gasteiger partial charge is 0.0613 e. The topological polar surface area (TPSA) is 35.5 Å². The van der Waals surface area contributed by atoms with E-state index >= 15 is 0 Å². The quantitative estimate of drug-likeness (QED) is 0.641. The lowest BCUT2D eigenvalue weighted by Crippen LogP contribution is -2.57. The monoisotopic (exact) mass is 296 g/mol. The molecule has 2 aliphatic carbocycles. The Bertz CT molecular complexity index is 304. The van der Waals surface area contributed by atoms with E-state index in [1.54, 1.807) is 0 Å². The van der Waals surface area contributed by atoms with E-state index in [-0.39, 0.29) is 5.54 Å². The maximum atomic E-state index is 9.99. The van der Waals surface area contributed by atoms with Gasteiger partial charge in [-0.05, 0) is 65.3 Å². The molecule has 0 aromatic carbocycles. The van der Waals surface area contributed by atoms with Crippen LogP contribution < -0.4 is 5.32 Å². The number of nitrogens with zero attached hydrogens (tertiary/aromatic N) is 1. The summed E-state index contributed by atoms with van der Waals surface area (Å²) in [7, 11) is 0. The van der Waals surface area contributed by atoms with Crippen LogP contribution in [0.15, 0.2) is 0 Å². The van der Waals surface area contributed by atoms with Gasteiger partial charge in [-0.1, -0.05) is 19.8 Å². The number of unbranched alkanes of at least 4 members (excludes halogenated alkanes) is 2. The van der Waals surface area contributed by atoms with E-state index in [0.29, 0.717) is 24.7 Å². The fraction of sp³-hybridized carbons (Fsp3) is 1.00. The lowest BCUT2D eigenvalue weighted by Gasteiger charge is -2.46. The molecule has 3 heteroatoms. The molecule has 0 amide bonds. The highest BCUT2D eigenvalue weighted by Crippen LogP contribution is 2.35. The molecule has 2 saturated carbocycles. The SMILES string of the molecule is CCCCCN(C(C)C)C1CCCC(CO)(NC2CC2)C1. The zero-order valence-corrected chi connectivity index (χ0v) is 14.4. The van der Waals surface area contributed by atoms with Gasteiger partial charge in [-0.2, -0.15) is 0 Å². The molecule has 2 aliphatic rings. The van der Waals surface area contributed by atoms with Crippen LogP contribution in [0.25, 0.3) is 0 Å². The third kappa shape index (κ3) is 4.94. The van der Waals surface area contributed by atoms with Crippen molar-refractivity contribution < 1.29 is 5.11 Å². The number of rotatable bonds is 9. The van der Waals surface area contributed by atoms with Gasteiger partial charge in [-0.25, -0.2) is 0 Å². The average molecular weight is 296 g/mol. The van der Waals surface area contributed by atoms with Gasteiger partial charge in [-0.3, -0.25) is 4.90 Å². The molecule has 0 saturated heterocycles. The molecular formula is C18H36N2O. The fourth-order valence-electron chi connectivity index (χ4n) is 4.00. The van der Waals surface area contributed by atoms with Crippen LogP contribution in [-0.2, 0) is 0 Å². The summed E-state index contributed by atoms with van der Waals surface area (Å²) in [5, 5.41) is 13.8. The minimum atomic E-state index is 0.00196. The zero-order chi connectivity index (χ0) is 15.3. The summed E-state index contributed by atoms with van der Waals surface area (Å²) >= 11 is 0. The molecule has 2 unspecified atom stereocenters.